The zero-order valence-corrected chi connectivity index (χ0v) is 17.0. The number of thiazole rings is 1. The summed E-state index contributed by atoms with van der Waals surface area (Å²) in [6.07, 6.45) is 0. The fraction of sp³-hybridized carbons (Fsp3) is 0.250. The maximum Gasteiger partial charge on any atom is 0.337 e. The topological polar surface area (TPSA) is 62.7 Å². The zero-order valence-electron chi connectivity index (χ0n) is 15.3. The molecule has 1 amide bonds. The second-order valence-corrected chi connectivity index (χ2v) is 7.99. The third-order valence-electron chi connectivity index (χ3n) is 4.70. The Bertz CT molecular complexity index is 959. The molecule has 3 aromatic rings. The summed E-state index contributed by atoms with van der Waals surface area (Å²) < 4.78 is 4.69. The summed E-state index contributed by atoms with van der Waals surface area (Å²) in [6, 6.07) is 8.67. The number of thiophene rings is 1. The van der Waals surface area contributed by atoms with Gasteiger partial charge in [0.05, 0.1) is 18.4 Å². The molecule has 1 saturated heterocycles. The number of hydrogen-bond donors (Lipinski definition) is 0. The number of nitrogens with zero attached hydrogens (tertiary/aromatic N) is 3. The van der Waals surface area contributed by atoms with Crippen molar-refractivity contribution >= 4 is 39.7 Å². The van der Waals surface area contributed by atoms with Crippen LogP contribution < -0.4 is 4.90 Å². The molecule has 4 rings (SSSR count). The van der Waals surface area contributed by atoms with Gasteiger partial charge in [-0.15, -0.1) is 11.3 Å². The molecule has 144 valence electrons. The summed E-state index contributed by atoms with van der Waals surface area (Å²) in [4.78, 5) is 33.1. The SMILES string of the molecule is COC(=O)c1ccc(C(=O)N2CCN(c3nc(-c4ccsc4)cs3)CC2)cc1. The van der Waals surface area contributed by atoms with Crippen LogP contribution in [0.4, 0.5) is 5.13 Å². The van der Waals surface area contributed by atoms with E-state index in [1.165, 1.54) is 7.11 Å². The van der Waals surface area contributed by atoms with Crippen molar-refractivity contribution in [1.82, 2.24) is 9.88 Å². The number of hydrogen-bond acceptors (Lipinski definition) is 7. The van der Waals surface area contributed by atoms with Gasteiger partial charge < -0.3 is 14.5 Å². The molecule has 0 radical (unpaired) electrons. The first-order valence-electron chi connectivity index (χ1n) is 8.86. The van der Waals surface area contributed by atoms with Crippen molar-refractivity contribution in [3.63, 3.8) is 0 Å². The lowest BCUT2D eigenvalue weighted by atomic mass is 10.1. The first-order valence-corrected chi connectivity index (χ1v) is 10.7. The third kappa shape index (κ3) is 3.79. The predicted molar refractivity (Wildman–Crippen MR) is 111 cm³/mol. The highest BCUT2D eigenvalue weighted by Gasteiger charge is 2.24. The van der Waals surface area contributed by atoms with Crippen molar-refractivity contribution in [2.24, 2.45) is 0 Å². The molecule has 0 spiro atoms. The van der Waals surface area contributed by atoms with Gasteiger partial charge >= 0.3 is 5.97 Å². The highest BCUT2D eigenvalue weighted by molar-refractivity contribution is 7.14. The van der Waals surface area contributed by atoms with Crippen molar-refractivity contribution in [3.8, 4) is 11.3 Å². The molecule has 2 aromatic heterocycles. The summed E-state index contributed by atoms with van der Waals surface area (Å²) in [7, 11) is 1.34. The van der Waals surface area contributed by atoms with Crippen molar-refractivity contribution in [2.45, 2.75) is 0 Å². The minimum atomic E-state index is -0.405. The summed E-state index contributed by atoms with van der Waals surface area (Å²) in [6.45, 7) is 2.79. The van der Waals surface area contributed by atoms with E-state index < -0.39 is 5.97 Å². The minimum Gasteiger partial charge on any atom is -0.465 e. The number of esters is 1. The van der Waals surface area contributed by atoms with Crippen LogP contribution >= 0.6 is 22.7 Å². The molecule has 8 heteroatoms. The van der Waals surface area contributed by atoms with Crippen molar-refractivity contribution in [2.75, 3.05) is 38.2 Å². The number of methoxy groups -OCH3 is 1. The Morgan fingerprint density at radius 2 is 1.71 bits per heavy atom. The molecule has 1 fully saturated rings. The molecule has 3 heterocycles. The van der Waals surface area contributed by atoms with E-state index in [9.17, 15) is 9.59 Å². The van der Waals surface area contributed by atoms with Gasteiger partial charge in [-0.2, -0.15) is 11.3 Å². The number of ether oxygens (including phenoxy) is 1. The van der Waals surface area contributed by atoms with Crippen LogP contribution in [0.25, 0.3) is 11.3 Å². The van der Waals surface area contributed by atoms with Crippen LogP contribution in [0.15, 0.2) is 46.5 Å². The number of rotatable bonds is 4. The van der Waals surface area contributed by atoms with E-state index in [1.807, 2.05) is 4.90 Å². The molecule has 6 nitrogen and oxygen atoms in total. The van der Waals surface area contributed by atoms with Crippen LogP contribution in [-0.4, -0.2) is 55.0 Å². The average Bonchev–Trinajstić information content (AvgIpc) is 3.45. The van der Waals surface area contributed by atoms with Gasteiger partial charge in [-0.1, -0.05) is 0 Å². The number of amides is 1. The maximum atomic E-state index is 12.7. The Kier molecular flexibility index (Phi) is 5.40. The van der Waals surface area contributed by atoms with Crippen LogP contribution in [0.3, 0.4) is 0 Å². The summed E-state index contributed by atoms with van der Waals surface area (Å²) in [5.74, 6) is -0.424. The van der Waals surface area contributed by atoms with E-state index in [0.29, 0.717) is 24.2 Å². The summed E-state index contributed by atoms with van der Waals surface area (Å²) in [5, 5.41) is 7.23. The maximum absolute atomic E-state index is 12.7. The molecule has 1 aliphatic rings. The molecule has 0 aliphatic carbocycles. The smallest absolute Gasteiger partial charge is 0.337 e. The van der Waals surface area contributed by atoms with Crippen LogP contribution in [0.1, 0.15) is 20.7 Å². The van der Waals surface area contributed by atoms with E-state index in [4.69, 9.17) is 4.98 Å². The average molecular weight is 414 g/mol. The molecule has 0 saturated carbocycles. The lowest BCUT2D eigenvalue weighted by Gasteiger charge is -2.34. The van der Waals surface area contributed by atoms with Crippen molar-refractivity contribution in [3.05, 3.63) is 57.6 Å². The van der Waals surface area contributed by atoms with E-state index in [0.717, 1.165) is 29.5 Å². The number of carbonyl (C=O) groups excluding carboxylic acids is 2. The number of benzene rings is 1. The predicted octanol–water partition coefficient (Wildman–Crippen LogP) is 3.62. The monoisotopic (exact) mass is 413 g/mol. The first kappa shape index (κ1) is 18.6. The lowest BCUT2D eigenvalue weighted by Crippen LogP contribution is -2.48. The van der Waals surface area contributed by atoms with Crippen molar-refractivity contribution in [1.29, 1.82) is 0 Å². The van der Waals surface area contributed by atoms with Gasteiger partial charge in [0.2, 0.25) is 0 Å². The molecular weight excluding hydrogens is 394 g/mol. The quantitative estimate of drug-likeness (QED) is 0.612. The Labute approximate surface area is 171 Å². The second-order valence-electron chi connectivity index (χ2n) is 6.38. The Hall–Kier alpha value is -2.71. The van der Waals surface area contributed by atoms with E-state index in [1.54, 1.807) is 46.9 Å². The number of piperazine rings is 1. The number of carbonyl (C=O) groups is 2. The molecule has 1 aliphatic heterocycles. The van der Waals surface area contributed by atoms with Gasteiger partial charge in [0.1, 0.15) is 0 Å². The van der Waals surface area contributed by atoms with Crippen molar-refractivity contribution < 1.29 is 14.3 Å². The molecule has 0 N–H and O–H groups in total. The molecule has 0 bridgehead atoms. The van der Waals surface area contributed by atoms with E-state index >= 15 is 0 Å². The van der Waals surface area contributed by atoms with Crippen LogP contribution in [-0.2, 0) is 4.74 Å². The Morgan fingerprint density at radius 3 is 2.36 bits per heavy atom. The fourth-order valence-electron chi connectivity index (χ4n) is 3.10. The molecule has 0 atom stereocenters. The highest BCUT2D eigenvalue weighted by atomic mass is 32.1. The minimum absolute atomic E-state index is 0.0193. The highest BCUT2D eigenvalue weighted by Crippen LogP contribution is 2.29. The first-order chi connectivity index (χ1) is 13.7. The number of anilines is 1. The number of aromatic nitrogens is 1. The largest absolute Gasteiger partial charge is 0.465 e. The Morgan fingerprint density at radius 1 is 1.00 bits per heavy atom. The molecule has 0 unspecified atom stereocenters. The van der Waals surface area contributed by atoms with Gasteiger partial charge in [-0.25, -0.2) is 9.78 Å². The fourth-order valence-corrected chi connectivity index (χ4v) is 4.64. The summed E-state index contributed by atoms with van der Waals surface area (Å²) >= 11 is 3.30. The van der Waals surface area contributed by atoms with Gasteiger partial charge in [-0.05, 0) is 35.7 Å². The van der Waals surface area contributed by atoms with Gasteiger partial charge in [0.25, 0.3) is 5.91 Å². The zero-order chi connectivity index (χ0) is 19.5. The molecular formula is C20H19N3O3S2. The van der Waals surface area contributed by atoms with Gasteiger partial charge in [0.15, 0.2) is 5.13 Å². The molecule has 1 aromatic carbocycles. The van der Waals surface area contributed by atoms with Gasteiger partial charge in [0, 0.05) is 48.1 Å². The van der Waals surface area contributed by atoms with Crippen LogP contribution in [0, 0.1) is 0 Å². The summed E-state index contributed by atoms with van der Waals surface area (Å²) in [5.41, 5.74) is 3.17. The lowest BCUT2D eigenvalue weighted by molar-refractivity contribution is 0.0599. The van der Waals surface area contributed by atoms with Crippen LogP contribution in [0.2, 0.25) is 0 Å². The molecule has 28 heavy (non-hydrogen) atoms. The standard InChI is InChI=1S/C20H19N3O3S2/c1-26-19(25)15-4-2-14(3-5-15)18(24)22-7-9-23(10-8-22)20-21-17(13-28-20)16-6-11-27-12-16/h2-6,11-13H,7-10H2,1H3. The van der Waals surface area contributed by atoms with Crippen LogP contribution in [0.5, 0.6) is 0 Å². The normalized spacial score (nSPS) is 14.2. The Balaban J connectivity index is 1.37. The van der Waals surface area contributed by atoms with E-state index in [-0.39, 0.29) is 5.91 Å². The second kappa shape index (κ2) is 8.12. The van der Waals surface area contributed by atoms with Gasteiger partial charge in [-0.3, -0.25) is 4.79 Å². The van der Waals surface area contributed by atoms with E-state index in [2.05, 4.69) is 31.8 Å². The third-order valence-corrected chi connectivity index (χ3v) is 6.28.